The van der Waals surface area contributed by atoms with Crippen molar-refractivity contribution in [2.45, 2.75) is 71.1 Å². The normalized spacial score (nSPS) is 16.0. The zero-order chi connectivity index (χ0) is 15.2. The highest BCUT2D eigenvalue weighted by Crippen LogP contribution is 2.11. The van der Waals surface area contributed by atoms with Gasteiger partial charge in [-0.25, -0.2) is 0 Å². The first kappa shape index (κ1) is 18.4. The van der Waals surface area contributed by atoms with Crippen molar-refractivity contribution in [1.82, 2.24) is 0 Å². The van der Waals surface area contributed by atoms with Crippen LogP contribution in [0.1, 0.15) is 71.1 Å². The Bertz CT molecular complexity index is 249. The van der Waals surface area contributed by atoms with Crippen molar-refractivity contribution in [2.75, 3.05) is 26.6 Å². The highest BCUT2D eigenvalue weighted by molar-refractivity contribution is 5.69. The van der Waals surface area contributed by atoms with E-state index in [1.54, 1.807) is 0 Å². The van der Waals surface area contributed by atoms with Crippen LogP contribution in [0.15, 0.2) is 0 Å². The Morgan fingerprint density at radius 3 is 2.14 bits per heavy atom. The van der Waals surface area contributed by atoms with E-state index in [-0.39, 0.29) is 11.9 Å². The molecule has 0 unspecified atom stereocenters. The van der Waals surface area contributed by atoms with Gasteiger partial charge in [0.25, 0.3) is 0 Å². The molecule has 1 saturated heterocycles. The topological polar surface area (TPSA) is 44.8 Å². The average Bonchev–Trinajstić information content (AvgIpc) is 2.52. The van der Waals surface area contributed by atoms with Crippen LogP contribution in [0.2, 0.25) is 0 Å². The summed E-state index contributed by atoms with van der Waals surface area (Å²) in [5.74, 6) is 0.120. The summed E-state index contributed by atoms with van der Waals surface area (Å²) < 4.78 is 15.6. The van der Waals surface area contributed by atoms with Crippen LogP contribution in [-0.4, -0.2) is 32.6 Å². The first-order valence-electron chi connectivity index (χ1n) is 8.64. The van der Waals surface area contributed by atoms with Gasteiger partial charge < -0.3 is 14.2 Å². The summed E-state index contributed by atoms with van der Waals surface area (Å²) in [6, 6.07) is 0. The highest BCUT2D eigenvalue weighted by Gasteiger charge is 2.16. The fraction of sp³-hybridized carbons (Fsp3) is 0.941. The second-order valence-corrected chi connectivity index (χ2v) is 5.99. The maximum atomic E-state index is 11.6. The molecule has 124 valence electrons. The SMILES string of the molecule is CCCCCCCCCCCC(=O)OCC1COCOC1. The Kier molecular flexibility index (Phi) is 11.5. The maximum absolute atomic E-state index is 11.6. The summed E-state index contributed by atoms with van der Waals surface area (Å²) in [5, 5.41) is 0. The van der Waals surface area contributed by atoms with Gasteiger partial charge in [-0.15, -0.1) is 0 Å². The molecule has 1 aliphatic heterocycles. The zero-order valence-electron chi connectivity index (χ0n) is 13.6. The van der Waals surface area contributed by atoms with Gasteiger partial charge in [-0.1, -0.05) is 58.3 Å². The third-order valence-corrected chi connectivity index (χ3v) is 3.84. The molecule has 0 aromatic carbocycles. The molecule has 21 heavy (non-hydrogen) atoms. The van der Waals surface area contributed by atoms with Gasteiger partial charge in [-0.05, 0) is 6.42 Å². The molecule has 0 aromatic heterocycles. The van der Waals surface area contributed by atoms with Gasteiger partial charge in [0.2, 0.25) is 0 Å². The second-order valence-electron chi connectivity index (χ2n) is 5.99. The van der Waals surface area contributed by atoms with Gasteiger partial charge in [0.05, 0.1) is 19.8 Å². The molecule has 0 aliphatic carbocycles. The van der Waals surface area contributed by atoms with Crippen LogP contribution in [0.3, 0.4) is 0 Å². The minimum absolute atomic E-state index is 0.0801. The molecule has 1 aliphatic rings. The molecule has 1 fully saturated rings. The fourth-order valence-corrected chi connectivity index (χ4v) is 2.50. The third kappa shape index (κ3) is 10.7. The molecule has 0 aromatic rings. The fourth-order valence-electron chi connectivity index (χ4n) is 2.50. The number of rotatable bonds is 12. The lowest BCUT2D eigenvalue weighted by Crippen LogP contribution is -2.28. The predicted molar refractivity (Wildman–Crippen MR) is 83.1 cm³/mol. The zero-order valence-corrected chi connectivity index (χ0v) is 13.6. The number of hydrogen-bond acceptors (Lipinski definition) is 4. The average molecular weight is 300 g/mol. The summed E-state index contributed by atoms with van der Waals surface area (Å²) in [7, 11) is 0. The molecule has 1 rings (SSSR count). The van der Waals surface area contributed by atoms with E-state index in [2.05, 4.69) is 6.92 Å². The van der Waals surface area contributed by atoms with E-state index in [1.165, 1.54) is 44.9 Å². The molecule has 0 amide bonds. The smallest absolute Gasteiger partial charge is 0.305 e. The van der Waals surface area contributed by atoms with Gasteiger partial charge in [0.1, 0.15) is 6.79 Å². The highest BCUT2D eigenvalue weighted by atomic mass is 16.7. The minimum atomic E-state index is -0.0801. The van der Waals surface area contributed by atoms with Crippen LogP contribution in [0.25, 0.3) is 0 Å². The van der Waals surface area contributed by atoms with E-state index in [4.69, 9.17) is 14.2 Å². The van der Waals surface area contributed by atoms with Crippen molar-refractivity contribution in [3.63, 3.8) is 0 Å². The van der Waals surface area contributed by atoms with Gasteiger partial charge in [0.15, 0.2) is 0 Å². The Morgan fingerprint density at radius 2 is 1.52 bits per heavy atom. The minimum Gasteiger partial charge on any atom is -0.465 e. The van der Waals surface area contributed by atoms with Crippen molar-refractivity contribution < 1.29 is 19.0 Å². The molecule has 0 spiro atoms. The van der Waals surface area contributed by atoms with Gasteiger partial charge in [-0.3, -0.25) is 4.79 Å². The van der Waals surface area contributed by atoms with E-state index in [9.17, 15) is 4.79 Å². The van der Waals surface area contributed by atoms with Gasteiger partial charge >= 0.3 is 5.97 Å². The van der Waals surface area contributed by atoms with E-state index in [1.807, 2.05) is 0 Å². The standard InChI is InChI=1S/C17H32O4/c1-2-3-4-5-6-7-8-9-10-11-17(18)21-14-16-12-19-15-20-13-16/h16H,2-15H2,1H3. The molecular weight excluding hydrogens is 268 g/mol. The van der Waals surface area contributed by atoms with Crippen molar-refractivity contribution in [2.24, 2.45) is 5.92 Å². The molecule has 1 heterocycles. The van der Waals surface area contributed by atoms with E-state index in [0.717, 1.165) is 12.8 Å². The van der Waals surface area contributed by atoms with Gasteiger partial charge in [-0.2, -0.15) is 0 Å². The van der Waals surface area contributed by atoms with Crippen molar-refractivity contribution in [1.29, 1.82) is 0 Å². The lowest BCUT2D eigenvalue weighted by molar-refractivity contribution is -0.158. The lowest BCUT2D eigenvalue weighted by Gasteiger charge is -2.21. The van der Waals surface area contributed by atoms with Crippen molar-refractivity contribution in [3.8, 4) is 0 Å². The molecular formula is C17H32O4. The van der Waals surface area contributed by atoms with E-state index >= 15 is 0 Å². The summed E-state index contributed by atoms with van der Waals surface area (Å²) >= 11 is 0. The van der Waals surface area contributed by atoms with Crippen molar-refractivity contribution >= 4 is 5.97 Å². The molecule has 4 nitrogen and oxygen atoms in total. The quantitative estimate of drug-likeness (QED) is 0.402. The summed E-state index contributed by atoms with van der Waals surface area (Å²) in [6.45, 7) is 4.29. The molecule has 4 heteroatoms. The Balaban J connectivity index is 1.82. The predicted octanol–water partition coefficient (Wildman–Crippen LogP) is 4.07. The number of carbonyl (C=O) groups is 1. The molecule has 0 radical (unpaired) electrons. The van der Waals surface area contributed by atoms with Crippen molar-refractivity contribution in [3.05, 3.63) is 0 Å². The van der Waals surface area contributed by atoms with Crippen LogP contribution in [0.5, 0.6) is 0 Å². The van der Waals surface area contributed by atoms with E-state index in [0.29, 0.717) is 33.0 Å². The number of hydrogen-bond donors (Lipinski definition) is 0. The number of esters is 1. The first-order chi connectivity index (χ1) is 10.3. The van der Waals surface area contributed by atoms with Gasteiger partial charge in [0, 0.05) is 12.3 Å². The molecule has 0 atom stereocenters. The number of ether oxygens (including phenoxy) is 3. The maximum Gasteiger partial charge on any atom is 0.305 e. The number of carbonyl (C=O) groups excluding carboxylic acids is 1. The van der Waals surface area contributed by atoms with Crippen LogP contribution in [0, 0.1) is 5.92 Å². The summed E-state index contributed by atoms with van der Waals surface area (Å²) in [5.41, 5.74) is 0. The van der Waals surface area contributed by atoms with Crippen LogP contribution in [-0.2, 0) is 19.0 Å². The summed E-state index contributed by atoms with van der Waals surface area (Å²) in [6.07, 6.45) is 11.9. The van der Waals surface area contributed by atoms with Crippen LogP contribution in [0.4, 0.5) is 0 Å². The second kappa shape index (κ2) is 13.1. The van der Waals surface area contributed by atoms with Crippen LogP contribution >= 0.6 is 0 Å². The van der Waals surface area contributed by atoms with Crippen LogP contribution < -0.4 is 0 Å². The summed E-state index contributed by atoms with van der Waals surface area (Å²) in [4.78, 5) is 11.6. The van der Waals surface area contributed by atoms with E-state index < -0.39 is 0 Å². The monoisotopic (exact) mass is 300 g/mol. The molecule has 0 saturated carbocycles. The Morgan fingerprint density at radius 1 is 0.952 bits per heavy atom. The third-order valence-electron chi connectivity index (χ3n) is 3.84. The number of unbranched alkanes of at least 4 members (excludes halogenated alkanes) is 8. The lowest BCUT2D eigenvalue weighted by atomic mass is 10.1. The molecule has 0 N–H and O–H groups in total. The Labute approximate surface area is 129 Å². The Hall–Kier alpha value is -0.610. The largest absolute Gasteiger partial charge is 0.465 e. The first-order valence-corrected chi connectivity index (χ1v) is 8.64. The molecule has 0 bridgehead atoms.